The summed E-state index contributed by atoms with van der Waals surface area (Å²) in [5.41, 5.74) is 0. The lowest BCUT2D eigenvalue weighted by atomic mass is 10.3. The van der Waals surface area contributed by atoms with Gasteiger partial charge in [-0.2, -0.15) is 0 Å². The van der Waals surface area contributed by atoms with Crippen LogP contribution in [0.1, 0.15) is 20.8 Å². The monoisotopic (exact) mass is 196 g/mol. The van der Waals surface area contributed by atoms with E-state index in [9.17, 15) is 5.11 Å². The minimum atomic E-state index is -0.439. The van der Waals surface area contributed by atoms with E-state index in [0.717, 1.165) is 0 Å². The fourth-order valence-corrected chi connectivity index (χ4v) is 3.18. The second kappa shape index (κ2) is 4.21. The first-order chi connectivity index (χ1) is 6.05. The molecule has 0 aromatic heterocycles. The standard InChI is InChI=1S/C11H17OP/c1-11(2,3)13(9-12)10-7-5-4-6-8-10/h4-8,12H,9H2,1-3H3. The Morgan fingerprint density at radius 2 is 1.69 bits per heavy atom. The molecule has 72 valence electrons. The Hall–Kier alpha value is -0.390. The Kier molecular flexibility index (Phi) is 3.47. The zero-order valence-corrected chi connectivity index (χ0v) is 9.38. The molecule has 1 nitrogen and oxygen atoms in total. The molecule has 0 amide bonds. The van der Waals surface area contributed by atoms with E-state index in [-0.39, 0.29) is 11.5 Å². The number of rotatable bonds is 2. The van der Waals surface area contributed by atoms with Gasteiger partial charge in [-0.15, -0.1) is 0 Å². The number of hydrogen-bond acceptors (Lipinski definition) is 1. The maximum Gasteiger partial charge on any atom is 0.0671 e. The van der Waals surface area contributed by atoms with Crippen LogP contribution < -0.4 is 5.30 Å². The smallest absolute Gasteiger partial charge is 0.0671 e. The zero-order valence-electron chi connectivity index (χ0n) is 8.49. The lowest BCUT2D eigenvalue weighted by Gasteiger charge is -2.29. The van der Waals surface area contributed by atoms with Crippen LogP contribution in [-0.4, -0.2) is 16.6 Å². The van der Waals surface area contributed by atoms with Gasteiger partial charge in [-0.25, -0.2) is 0 Å². The Morgan fingerprint density at radius 3 is 2.08 bits per heavy atom. The van der Waals surface area contributed by atoms with E-state index in [0.29, 0.717) is 0 Å². The van der Waals surface area contributed by atoms with Crippen LogP contribution in [0.5, 0.6) is 0 Å². The highest BCUT2D eigenvalue weighted by Crippen LogP contribution is 2.46. The molecule has 0 heterocycles. The van der Waals surface area contributed by atoms with Crippen LogP contribution in [0.25, 0.3) is 0 Å². The summed E-state index contributed by atoms with van der Waals surface area (Å²) >= 11 is 0. The van der Waals surface area contributed by atoms with E-state index in [1.807, 2.05) is 18.2 Å². The molecular weight excluding hydrogens is 179 g/mol. The van der Waals surface area contributed by atoms with Gasteiger partial charge in [0, 0.05) is 0 Å². The van der Waals surface area contributed by atoms with Gasteiger partial charge < -0.3 is 5.11 Å². The van der Waals surface area contributed by atoms with Gasteiger partial charge in [0.05, 0.1) is 6.35 Å². The predicted molar refractivity (Wildman–Crippen MR) is 59.8 cm³/mol. The lowest BCUT2D eigenvalue weighted by molar-refractivity contribution is 0.368. The molecule has 0 aliphatic carbocycles. The van der Waals surface area contributed by atoms with Crippen LogP contribution in [0.4, 0.5) is 0 Å². The van der Waals surface area contributed by atoms with Gasteiger partial charge in [0.25, 0.3) is 0 Å². The van der Waals surface area contributed by atoms with Crippen LogP contribution in [0.3, 0.4) is 0 Å². The second-order valence-electron chi connectivity index (χ2n) is 4.08. The van der Waals surface area contributed by atoms with Crippen molar-refractivity contribution in [3.05, 3.63) is 30.3 Å². The summed E-state index contributed by atoms with van der Waals surface area (Å²) in [5, 5.41) is 10.8. The molecule has 1 unspecified atom stereocenters. The third-order valence-corrected chi connectivity index (χ3v) is 4.84. The summed E-state index contributed by atoms with van der Waals surface area (Å²) in [6, 6.07) is 10.3. The SMILES string of the molecule is CC(C)(C)P(CO)c1ccccc1. The molecule has 0 radical (unpaired) electrons. The van der Waals surface area contributed by atoms with Crippen LogP contribution in [0, 0.1) is 0 Å². The first kappa shape index (κ1) is 10.7. The van der Waals surface area contributed by atoms with Gasteiger partial charge in [-0.05, 0) is 18.4 Å². The van der Waals surface area contributed by atoms with E-state index >= 15 is 0 Å². The molecule has 0 saturated carbocycles. The highest BCUT2D eigenvalue weighted by atomic mass is 31.1. The lowest BCUT2D eigenvalue weighted by Crippen LogP contribution is -2.20. The van der Waals surface area contributed by atoms with Gasteiger partial charge in [0.1, 0.15) is 0 Å². The Labute approximate surface area is 81.6 Å². The van der Waals surface area contributed by atoms with Crippen molar-refractivity contribution in [3.8, 4) is 0 Å². The molecule has 0 aliphatic rings. The molecule has 1 rings (SSSR count). The number of aliphatic hydroxyl groups excluding tert-OH is 1. The van der Waals surface area contributed by atoms with Crippen LogP contribution in [0.15, 0.2) is 30.3 Å². The van der Waals surface area contributed by atoms with Crippen LogP contribution in [-0.2, 0) is 0 Å². The minimum absolute atomic E-state index is 0.186. The van der Waals surface area contributed by atoms with Gasteiger partial charge in [-0.1, -0.05) is 51.1 Å². The Balaban J connectivity index is 2.92. The summed E-state index contributed by atoms with van der Waals surface area (Å²) in [7, 11) is -0.439. The average molecular weight is 196 g/mol. The molecule has 0 bridgehead atoms. The number of benzene rings is 1. The predicted octanol–water partition coefficient (Wildman–Crippen LogP) is 2.54. The molecule has 2 heteroatoms. The van der Waals surface area contributed by atoms with Crippen molar-refractivity contribution in [1.82, 2.24) is 0 Å². The van der Waals surface area contributed by atoms with Crippen molar-refractivity contribution in [1.29, 1.82) is 0 Å². The Morgan fingerprint density at radius 1 is 1.15 bits per heavy atom. The fourth-order valence-electron chi connectivity index (χ4n) is 1.29. The van der Waals surface area contributed by atoms with Gasteiger partial charge >= 0.3 is 0 Å². The van der Waals surface area contributed by atoms with E-state index in [1.165, 1.54) is 5.30 Å². The van der Waals surface area contributed by atoms with Gasteiger partial charge in [0.15, 0.2) is 0 Å². The largest absolute Gasteiger partial charge is 0.392 e. The first-order valence-corrected chi connectivity index (χ1v) is 6.02. The molecular formula is C11H17OP. The number of aliphatic hydroxyl groups is 1. The maximum atomic E-state index is 9.34. The third-order valence-electron chi connectivity index (χ3n) is 2.02. The van der Waals surface area contributed by atoms with Crippen molar-refractivity contribution < 1.29 is 5.11 Å². The van der Waals surface area contributed by atoms with Crippen molar-refractivity contribution in [2.45, 2.75) is 25.9 Å². The fraction of sp³-hybridized carbons (Fsp3) is 0.455. The van der Waals surface area contributed by atoms with Gasteiger partial charge in [0.2, 0.25) is 0 Å². The summed E-state index contributed by atoms with van der Waals surface area (Å²) in [5.74, 6) is 0. The van der Waals surface area contributed by atoms with Crippen LogP contribution in [0.2, 0.25) is 0 Å². The molecule has 13 heavy (non-hydrogen) atoms. The van der Waals surface area contributed by atoms with Gasteiger partial charge in [-0.3, -0.25) is 0 Å². The van der Waals surface area contributed by atoms with E-state index in [2.05, 4.69) is 32.9 Å². The van der Waals surface area contributed by atoms with E-state index < -0.39 is 7.92 Å². The van der Waals surface area contributed by atoms with Crippen molar-refractivity contribution in [2.75, 3.05) is 6.35 Å². The van der Waals surface area contributed by atoms with Crippen LogP contribution >= 0.6 is 7.92 Å². The van der Waals surface area contributed by atoms with Crippen molar-refractivity contribution in [3.63, 3.8) is 0 Å². The average Bonchev–Trinajstić information content (AvgIpc) is 2.05. The van der Waals surface area contributed by atoms with Crippen molar-refractivity contribution >= 4 is 13.2 Å². The topological polar surface area (TPSA) is 20.2 Å². The van der Waals surface area contributed by atoms with E-state index in [4.69, 9.17) is 0 Å². The number of hydrogen-bond donors (Lipinski definition) is 1. The van der Waals surface area contributed by atoms with Crippen molar-refractivity contribution in [2.24, 2.45) is 0 Å². The molecule has 1 aromatic rings. The maximum absolute atomic E-state index is 9.34. The highest BCUT2D eigenvalue weighted by molar-refractivity contribution is 7.66. The highest BCUT2D eigenvalue weighted by Gasteiger charge is 2.24. The molecule has 1 atom stereocenters. The third kappa shape index (κ3) is 2.79. The quantitative estimate of drug-likeness (QED) is 0.721. The summed E-state index contributed by atoms with van der Waals surface area (Å²) in [6.07, 6.45) is 0.281. The summed E-state index contributed by atoms with van der Waals surface area (Å²) < 4.78 is 0. The molecule has 1 aromatic carbocycles. The normalized spacial score (nSPS) is 14.2. The first-order valence-electron chi connectivity index (χ1n) is 4.49. The molecule has 0 aliphatic heterocycles. The molecule has 0 saturated heterocycles. The molecule has 0 fully saturated rings. The summed E-state index contributed by atoms with van der Waals surface area (Å²) in [4.78, 5) is 0. The molecule has 0 spiro atoms. The van der Waals surface area contributed by atoms with E-state index in [1.54, 1.807) is 0 Å². The molecule has 1 N–H and O–H groups in total. The Bertz CT molecular complexity index is 251. The summed E-state index contributed by atoms with van der Waals surface area (Å²) in [6.45, 7) is 6.55. The zero-order chi connectivity index (χ0) is 9.90. The second-order valence-corrected chi connectivity index (χ2v) is 7.07. The minimum Gasteiger partial charge on any atom is -0.392 e.